The molecular formula is C19H19ClN2O5S. The summed E-state index contributed by atoms with van der Waals surface area (Å²) in [4.78, 5) is 23.4. The summed E-state index contributed by atoms with van der Waals surface area (Å²) in [5.41, 5.74) is 1.49. The fraction of sp³-hybridized carbons (Fsp3) is 0.158. The van der Waals surface area contributed by atoms with E-state index in [1.54, 1.807) is 36.4 Å². The van der Waals surface area contributed by atoms with Gasteiger partial charge in [0.25, 0.3) is 5.91 Å². The molecular weight excluding hydrogens is 404 g/mol. The first-order valence-electron chi connectivity index (χ1n) is 8.23. The van der Waals surface area contributed by atoms with E-state index in [2.05, 4.69) is 5.32 Å². The quantitative estimate of drug-likeness (QED) is 0.498. The van der Waals surface area contributed by atoms with Crippen molar-refractivity contribution >= 4 is 39.6 Å². The lowest BCUT2D eigenvalue weighted by molar-refractivity contribution is -0.143. The van der Waals surface area contributed by atoms with E-state index in [4.69, 9.17) is 21.5 Å². The Morgan fingerprint density at radius 1 is 1.11 bits per heavy atom. The van der Waals surface area contributed by atoms with Crippen molar-refractivity contribution in [2.24, 2.45) is 5.14 Å². The fourth-order valence-corrected chi connectivity index (χ4v) is 2.91. The molecule has 0 aliphatic carbocycles. The molecule has 3 N–H and O–H groups in total. The molecule has 0 bridgehead atoms. The van der Waals surface area contributed by atoms with Crippen LogP contribution in [0.25, 0.3) is 6.08 Å². The summed E-state index contributed by atoms with van der Waals surface area (Å²) < 4.78 is 27.2. The number of nitrogens with two attached hydrogens (primary N) is 1. The lowest BCUT2D eigenvalue weighted by Gasteiger charge is -2.06. The molecule has 0 spiro atoms. The highest BCUT2D eigenvalue weighted by atomic mass is 35.5. The fourth-order valence-electron chi connectivity index (χ4n) is 2.20. The normalized spacial score (nSPS) is 11.4. The molecule has 9 heteroatoms. The zero-order valence-electron chi connectivity index (χ0n) is 14.8. The minimum Gasteiger partial charge on any atom is -0.452 e. The molecule has 0 aromatic heterocycles. The largest absolute Gasteiger partial charge is 0.452 e. The Hall–Kier alpha value is -2.68. The molecule has 0 aliphatic heterocycles. The second-order valence-corrected chi connectivity index (χ2v) is 7.72. The SMILES string of the molecule is NS(=O)(=O)c1ccc(CCNC(=O)COC(=O)/C=C/c2ccccc2Cl)cc1. The monoisotopic (exact) mass is 422 g/mol. The summed E-state index contributed by atoms with van der Waals surface area (Å²) in [6, 6.07) is 13.0. The van der Waals surface area contributed by atoms with Gasteiger partial charge in [0.2, 0.25) is 10.0 Å². The van der Waals surface area contributed by atoms with E-state index in [9.17, 15) is 18.0 Å². The highest BCUT2D eigenvalue weighted by Crippen LogP contribution is 2.16. The van der Waals surface area contributed by atoms with E-state index >= 15 is 0 Å². The smallest absolute Gasteiger partial charge is 0.331 e. The molecule has 0 saturated heterocycles. The number of hydrogen-bond donors (Lipinski definition) is 2. The maximum absolute atomic E-state index is 11.7. The number of primary sulfonamides is 1. The van der Waals surface area contributed by atoms with Crippen LogP contribution >= 0.6 is 11.6 Å². The number of ether oxygens (including phenoxy) is 1. The third-order valence-electron chi connectivity index (χ3n) is 3.64. The second kappa shape index (κ2) is 10.0. The van der Waals surface area contributed by atoms with Gasteiger partial charge >= 0.3 is 5.97 Å². The van der Waals surface area contributed by atoms with E-state index in [0.29, 0.717) is 23.6 Å². The standard InChI is InChI=1S/C19H19ClN2O5S/c20-17-4-2-1-3-15(17)7-10-19(24)27-13-18(23)22-12-11-14-5-8-16(9-6-14)28(21,25)26/h1-10H,11-13H2,(H,22,23)(H2,21,25,26)/b10-7+. The Balaban J connectivity index is 1.71. The van der Waals surface area contributed by atoms with Crippen LogP contribution < -0.4 is 10.5 Å². The van der Waals surface area contributed by atoms with E-state index in [-0.39, 0.29) is 4.90 Å². The Morgan fingerprint density at radius 2 is 1.79 bits per heavy atom. The Kier molecular flexibility index (Phi) is 7.74. The average molecular weight is 423 g/mol. The zero-order chi connectivity index (χ0) is 20.6. The van der Waals surface area contributed by atoms with E-state index in [1.165, 1.54) is 24.3 Å². The van der Waals surface area contributed by atoms with Gasteiger partial charge in [0.1, 0.15) is 0 Å². The molecule has 0 aliphatic rings. The number of esters is 1. The summed E-state index contributed by atoms with van der Waals surface area (Å²) in [6.07, 6.45) is 3.19. The summed E-state index contributed by atoms with van der Waals surface area (Å²) >= 11 is 5.97. The van der Waals surface area contributed by atoms with E-state index in [1.807, 2.05) is 0 Å². The first kappa shape index (κ1) is 21.6. The number of amides is 1. The molecule has 148 valence electrons. The van der Waals surface area contributed by atoms with Crippen molar-refractivity contribution in [3.8, 4) is 0 Å². The Bertz CT molecular complexity index is 972. The van der Waals surface area contributed by atoms with Crippen LogP contribution in [0.3, 0.4) is 0 Å². The third kappa shape index (κ3) is 7.15. The average Bonchev–Trinajstić information content (AvgIpc) is 2.65. The van der Waals surface area contributed by atoms with Crippen molar-refractivity contribution in [3.05, 3.63) is 70.8 Å². The maximum atomic E-state index is 11.7. The van der Waals surface area contributed by atoms with E-state index in [0.717, 1.165) is 5.56 Å². The highest BCUT2D eigenvalue weighted by molar-refractivity contribution is 7.89. The van der Waals surface area contributed by atoms with Gasteiger partial charge in [-0.1, -0.05) is 41.9 Å². The molecule has 0 unspecified atom stereocenters. The third-order valence-corrected chi connectivity index (χ3v) is 4.91. The molecule has 2 rings (SSSR count). The van der Waals surface area contributed by atoms with Crippen LogP contribution in [0, 0.1) is 0 Å². The number of benzene rings is 2. The zero-order valence-corrected chi connectivity index (χ0v) is 16.4. The van der Waals surface area contributed by atoms with Gasteiger partial charge in [-0.2, -0.15) is 0 Å². The van der Waals surface area contributed by atoms with Crippen molar-refractivity contribution in [2.45, 2.75) is 11.3 Å². The molecule has 0 atom stereocenters. The molecule has 2 aromatic carbocycles. The molecule has 28 heavy (non-hydrogen) atoms. The number of carbonyl (C=O) groups is 2. The predicted molar refractivity (Wildman–Crippen MR) is 106 cm³/mol. The number of rotatable bonds is 8. The van der Waals surface area contributed by atoms with Crippen LogP contribution in [0.5, 0.6) is 0 Å². The molecule has 2 aromatic rings. The number of nitrogens with one attached hydrogen (secondary N) is 1. The van der Waals surface area contributed by atoms with Gasteiger partial charge in [-0.05, 0) is 41.8 Å². The summed E-state index contributed by atoms with van der Waals surface area (Å²) in [5, 5.41) is 8.14. The van der Waals surface area contributed by atoms with Crippen molar-refractivity contribution in [1.82, 2.24) is 5.32 Å². The van der Waals surface area contributed by atoms with Gasteiger partial charge in [0.15, 0.2) is 6.61 Å². The van der Waals surface area contributed by atoms with E-state index < -0.39 is 28.5 Å². The molecule has 0 heterocycles. The minimum atomic E-state index is -3.73. The summed E-state index contributed by atoms with van der Waals surface area (Å²) in [6.45, 7) is -0.101. The molecule has 0 fully saturated rings. The van der Waals surface area contributed by atoms with Crippen LogP contribution in [0.1, 0.15) is 11.1 Å². The first-order chi connectivity index (χ1) is 13.3. The topological polar surface area (TPSA) is 116 Å². The van der Waals surface area contributed by atoms with Crippen molar-refractivity contribution in [3.63, 3.8) is 0 Å². The van der Waals surface area contributed by atoms with Crippen LogP contribution in [0.2, 0.25) is 5.02 Å². The summed E-state index contributed by atoms with van der Waals surface area (Å²) in [5.74, 6) is -1.10. The number of carbonyl (C=O) groups excluding carboxylic acids is 2. The van der Waals surface area contributed by atoms with Gasteiger partial charge in [-0.25, -0.2) is 18.4 Å². The van der Waals surface area contributed by atoms with Crippen molar-refractivity contribution in [2.75, 3.05) is 13.2 Å². The molecule has 1 amide bonds. The first-order valence-corrected chi connectivity index (χ1v) is 10.2. The molecule has 7 nitrogen and oxygen atoms in total. The predicted octanol–water partition coefficient (Wildman–Crippen LogP) is 1.90. The lowest BCUT2D eigenvalue weighted by atomic mass is 10.1. The number of sulfonamides is 1. The Labute approximate surface area is 168 Å². The highest BCUT2D eigenvalue weighted by Gasteiger charge is 2.08. The second-order valence-electron chi connectivity index (χ2n) is 5.75. The molecule has 0 saturated carbocycles. The van der Waals surface area contributed by atoms with Crippen LogP contribution in [-0.4, -0.2) is 33.4 Å². The van der Waals surface area contributed by atoms with Gasteiger partial charge in [0.05, 0.1) is 4.90 Å². The summed E-state index contributed by atoms with van der Waals surface area (Å²) in [7, 11) is -3.73. The lowest BCUT2D eigenvalue weighted by Crippen LogP contribution is -2.30. The molecule has 0 radical (unpaired) electrons. The number of halogens is 1. The number of hydrogen-bond acceptors (Lipinski definition) is 5. The van der Waals surface area contributed by atoms with Crippen LogP contribution in [0.15, 0.2) is 59.5 Å². The van der Waals surface area contributed by atoms with Gasteiger partial charge < -0.3 is 10.1 Å². The maximum Gasteiger partial charge on any atom is 0.331 e. The van der Waals surface area contributed by atoms with Crippen LogP contribution in [0.4, 0.5) is 0 Å². The minimum absolute atomic E-state index is 0.0250. The van der Waals surface area contributed by atoms with Crippen molar-refractivity contribution < 1.29 is 22.7 Å². The van der Waals surface area contributed by atoms with Crippen molar-refractivity contribution in [1.29, 1.82) is 0 Å². The van der Waals surface area contributed by atoms with Gasteiger partial charge in [-0.15, -0.1) is 0 Å². The Morgan fingerprint density at radius 3 is 2.43 bits per heavy atom. The van der Waals surface area contributed by atoms with Crippen LogP contribution in [-0.2, 0) is 30.8 Å². The van der Waals surface area contributed by atoms with Gasteiger partial charge in [-0.3, -0.25) is 4.79 Å². The van der Waals surface area contributed by atoms with Gasteiger partial charge in [0, 0.05) is 17.6 Å².